The Bertz CT molecular complexity index is 610. The first kappa shape index (κ1) is 14.4. The summed E-state index contributed by atoms with van der Waals surface area (Å²) in [5.74, 6) is 1.87. The van der Waals surface area contributed by atoms with E-state index in [-0.39, 0.29) is 5.82 Å². The Morgan fingerprint density at radius 2 is 2.35 bits per heavy atom. The highest BCUT2D eigenvalue weighted by molar-refractivity contribution is 5.22. The number of anilines is 1. The number of ether oxygens (including phenoxy) is 1. The number of terminal acetylenes is 1. The van der Waals surface area contributed by atoms with Gasteiger partial charge in [-0.15, -0.1) is 6.42 Å². The maximum Gasteiger partial charge on any atom is 0.368 e. The van der Waals surface area contributed by atoms with E-state index in [1.807, 2.05) is 5.92 Å². The Labute approximate surface area is 113 Å². The van der Waals surface area contributed by atoms with Crippen LogP contribution in [0.4, 0.5) is 5.82 Å². The molecule has 5 N–H and O–H groups in total. The highest BCUT2D eigenvalue weighted by Gasteiger charge is 2.57. The van der Waals surface area contributed by atoms with Gasteiger partial charge in [-0.25, -0.2) is 4.79 Å². The lowest BCUT2D eigenvalue weighted by Gasteiger charge is -2.25. The Morgan fingerprint density at radius 3 is 2.85 bits per heavy atom. The quantitative estimate of drug-likeness (QED) is 0.426. The molecule has 108 valence electrons. The number of rotatable bonds is 2. The summed E-state index contributed by atoms with van der Waals surface area (Å²) >= 11 is 0. The highest BCUT2D eigenvalue weighted by Crippen LogP contribution is 2.38. The molecule has 1 unspecified atom stereocenters. The first-order valence-electron chi connectivity index (χ1n) is 5.74. The molecule has 5 atom stereocenters. The predicted molar refractivity (Wildman–Crippen MR) is 66.1 cm³/mol. The van der Waals surface area contributed by atoms with E-state index in [4.69, 9.17) is 16.9 Å². The third kappa shape index (κ3) is 2.04. The molecule has 0 spiro atoms. The van der Waals surface area contributed by atoms with Gasteiger partial charge in [-0.1, -0.05) is 5.92 Å². The number of hydrogen-bond donors (Lipinski definition) is 4. The molecule has 0 aromatic carbocycles. The summed E-state index contributed by atoms with van der Waals surface area (Å²) in [6, 6.07) is 0. The van der Waals surface area contributed by atoms with Crippen LogP contribution in [0.3, 0.4) is 0 Å². The topological polar surface area (TPSA) is 144 Å². The smallest absolute Gasteiger partial charge is 0.368 e. The lowest BCUT2D eigenvalue weighted by atomic mass is 9.93. The molecule has 2 heterocycles. The van der Waals surface area contributed by atoms with Gasteiger partial charge in [0, 0.05) is 0 Å². The molecule has 0 saturated carbocycles. The molecule has 0 aliphatic carbocycles. The fourth-order valence-electron chi connectivity index (χ4n) is 2.02. The van der Waals surface area contributed by atoms with E-state index in [0.29, 0.717) is 4.68 Å². The zero-order valence-corrected chi connectivity index (χ0v) is 10.5. The molecule has 1 aliphatic rings. The number of nitrogens with zero attached hydrogens (tertiary/aromatic N) is 3. The standard InChI is InChI=1S/C11H14N4O5/c1-3-11(19)8(17)7(5(2)16)20-9(11)15-10(18)14-6(12)4-13-15/h1,4-5,7-9,16-17,19H,2H3,(H2,12,14,18)/t5-,7+,8?,9+,11+/m0/s1. The number of hydrogen-bond acceptors (Lipinski definition) is 8. The maximum atomic E-state index is 11.7. The molecule has 1 fully saturated rings. The summed E-state index contributed by atoms with van der Waals surface area (Å²) in [7, 11) is 0. The Balaban J connectivity index is 2.50. The van der Waals surface area contributed by atoms with Crippen LogP contribution in [0.25, 0.3) is 0 Å². The van der Waals surface area contributed by atoms with Crippen LogP contribution in [0.2, 0.25) is 0 Å². The van der Waals surface area contributed by atoms with Crippen LogP contribution >= 0.6 is 0 Å². The van der Waals surface area contributed by atoms with Crippen molar-refractivity contribution in [2.24, 2.45) is 0 Å². The summed E-state index contributed by atoms with van der Waals surface area (Å²) < 4.78 is 5.94. The molecule has 1 aromatic heterocycles. The molecule has 1 aromatic rings. The third-order valence-electron chi connectivity index (χ3n) is 3.09. The summed E-state index contributed by atoms with van der Waals surface area (Å²) in [5, 5.41) is 33.5. The predicted octanol–water partition coefficient (Wildman–Crippen LogP) is -2.78. The van der Waals surface area contributed by atoms with Gasteiger partial charge in [0.1, 0.15) is 18.0 Å². The Kier molecular flexibility index (Phi) is 3.49. The minimum atomic E-state index is -2.23. The number of aliphatic hydroxyl groups excluding tert-OH is 2. The number of aromatic nitrogens is 3. The third-order valence-corrected chi connectivity index (χ3v) is 3.09. The molecular weight excluding hydrogens is 268 g/mol. The Morgan fingerprint density at radius 1 is 1.70 bits per heavy atom. The highest BCUT2D eigenvalue weighted by atomic mass is 16.6. The van der Waals surface area contributed by atoms with E-state index in [1.54, 1.807) is 0 Å². The van der Waals surface area contributed by atoms with E-state index in [0.717, 1.165) is 6.20 Å². The van der Waals surface area contributed by atoms with Crippen LogP contribution in [0.5, 0.6) is 0 Å². The fourth-order valence-corrected chi connectivity index (χ4v) is 2.02. The van der Waals surface area contributed by atoms with Gasteiger partial charge >= 0.3 is 5.69 Å². The maximum absolute atomic E-state index is 11.7. The fraction of sp³-hybridized carbons (Fsp3) is 0.545. The zero-order chi connectivity index (χ0) is 15.1. The zero-order valence-electron chi connectivity index (χ0n) is 10.5. The second-order valence-electron chi connectivity index (χ2n) is 4.52. The van der Waals surface area contributed by atoms with Crippen molar-refractivity contribution in [1.29, 1.82) is 0 Å². The van der Waals surface area contributed by atoms with Gasteiger partial charge in [0.25, 0.3) is 0 Å². The summed E-state index contributed by atoms with van der Waals surface area (Å²) in [5.41, 5.74) is 2.18. The molecule has 2 rings (SSSR count). The van der Waals surface area contributed by atoms with Crippen LogP contribution < -0.4 is 11.4 Å². The van der Waals surface area contributed by atoms with Crippen LogP contribution in [0.15, 0.2) is 11.0 Å². The monoisotopic (exact) mass is 282 g/mol. The Hall–Kier alpha value is -1.99. The van der Waals surface area contributed by atoms with Crippen LogP contribution in [0.1, 0.15) is 13.2 Å². The second kappa shape index (κ2) is 4.84. The summed E-state index contributed by atoms with van der Waals surface area (Å²) in [6.45, 7) is 1.35. The van der Waals surface area contributed by atoms with Gasteiger partial charge in [-0.2, -0.15) is 14.8 Å². The SMILES string of the molecule is C#C[C@@]1(O)C(O)[C@@H]([C@H](C)O)O[C@H]1n1ncc(N)nc1=O. The number of nitrogens with two attached hydrogens (primary N) is 1. The van der Waals surface area contributed by atoms with E-state index in [2.05, 4.69) is 10.1 Å². The molecule has 0 amide bonds. The first-order valence-corrected chi connectivity index (χ1v) is 5.74. The lowest BCUT2D eigenvalue weighted by molar-refractivity contribution is -0.0945. The van der Waals surface area contributed by atoms with E-state index in [9.17, 15) is 20.1 Å². The van der Waals surface area contributed by atoms with Crippen molar-refractivity contribution in [2.45, 2.75) is 37.1 Å². The second-order valence-corrected chi connectivity index (χ2v) is 4.52. The number of aliphatic hydroxyl groups is 3. The van der Waals surface area contributed by atoms with E-state index < -0.39 is 35.8 Å². The largest absolute Gasteiger partial charge is 0.391 e. The van der Waals surface area contributed by atoms with Crippen LogP contribution in [0, 0.1) is 12.3 Å². The molecular formula is C11H14N4O5. The van der Waals surface area contributed by atoms with Crippen molar-refractivity contribution >= 4 is 5.82 Å². The van der Waals surface area contributed by atoms with Gasteiger partial charge in [0.05, 0.1) is 12.3 Å². The van der Waals surface area contributed by atoms with Crippen LogP contribution in [-0.4, -0.2) is 54.0 Å². The normalized spacial score (nSPS) is 34.6. The van der Waals surface area contributed by atoms with Gasteiger partial charge in [-0.3, -0.25) is 0 Å². The molecule has 0 bridgehead atoms. The summed E-state index contributed by atoms with van der Waals surface area (Å²) in [6.07, 6.45) is 0.922. The molecule has 20 heavy (non-hydrogen) atoms. The van der Waals surface area contributed by atoms with Crippen molar-refractivity contribution in [3.05, 3.63) is 16.7 Å². The average molecular weight is 282 g/mol. The van der Waals surface area contributed by atoms with Crippen LogP contribution in [-0.2, 0) is 4.74 Å². The molecule has 9 nitrogen and oxygen atoms in total. The van der Waals surface area contributed by atoms with Gasteiger partial charge in [0.15, 0.2) is 6.23 Å². The first-order chi connectivity index (χ1) is 9.31. The van der Waals surface area contributed by atoms with Crippen molar-refractivity contribution in [1.82, 2.24) is 14.8 Å². The molecule has 1 saturated heterocycles. The lowest BCUT2D eigenvalue weighted by Crippen LogP contribution is -2.49. The number of nitrogen functional groups attached to an aromatic ring is 1. The van der Waals surface area contributed by atoms with E-state index in [1.165, 1.54) is 6.92 Å². The molecule has 1 aliphatic heterocycles. The minimum absolute atomic E-state index is 0.110. The summed E-state index contributed by atoms with van der Waals surface area (Å²) in [4.78, 5) is 15.2. The average Bonchev–Trinajstić information content (AvgIpc) is 2.64. The van der Waals surface area contributed by atoms with E-state index >= 15 is 0 Å². The van der Waals surface area contributed by atoms with Crippen molar-refractivity contribution < 1.29 is 20.1 Å². The van der Waals surface area contributed by atoms with Gasteiger partial charge in [-0.05, 0) is 6.92 Å². The van der Waals surface area contributed by atoms with Gasteiger partial charge < -0.3 is 25.8 Å². The molecule has 9 heteroatoms. The minimum Gasteiger partial charge on any atom is -0.391 e. The van der Waals surface area contributed by atoms with Crippen molar-refractivity contribution in [3.63, 3.8) is 0 Å². The molecule has 0 radical (unpaired) electrons. The van der Waals surface area contributed by atoms with Crippen molar-refractivity contribution in [3.8, 4) is 12.3 Å². The van der Waals surface area contributed by atoms with Crippen molar-refractivity contribution in [2.75, 3.05) is 5.73 Å². The van der Waals surface area contributed by atoms with Gasteiger partial charge in [0.2, 0.25) is 5.60 Å².